The maximum atomic E-state index is 5.65. The fraction of sp³-hybridized carbons (Fsp3) is 0.636. The average Bonchev–Trinajstić information content (AvgIpc) is 2.39. The van der Waals surface area contributed by atoms with Crippen molar-refractivity contribution in [3.8, 4) is 0 Å². The quantitative estimate of drug-likeness (QED) is 0.451. The van der Waals surface area contributed by atoms with E-state index in [4.69, 9.17) is 16.3 Å². The molecule has 6 N–H and O–H groups in total. The summed E-state index contributed by atoms with van der Waals surface area (Å²) in [7, 11) is 0. The number of aromatic nitrogens is 2. The maximum absolute atomic E-state index is 5.65. The molecule has 0 amide bonds. The van der Waals surface area contributed by atoms with E-state index in [-0.39, 0.29) is 5.95 Å². The number of hydrazine groups is 1. The van der Waals surface area contributed by atoms with Crippen LogP contribution in [-0.2, 0) is 4.74 Å². The molecule has 0 aliphatic carbocycles. The van der Waals surface area contributed by atoms with Gasteiger partial charge in [0.1, 0.15) is 11.6 Å². The first-order valence-electron chi connectivity index (χ1n) is 6.24. The Morgan fingerprint density at radius 3 is 2.89 bits per heavy atom. The molecule has 1 unspecified atom stereocenters. The highest BCUT2D eigenvalue weighted by atomic mass is 16.5. The highest BCUT2D eigenvalue weighted by molar-refractivity contribution is 5.50. The third kappa shape index (κ3) is 3.71. The molecule has 7 heteroatoms. The highest BCUT2D eigenvalue weighted by Crippen LogP contribution is 2.16. The van der Waals surface area contributed by atoms with Crippen LogP contribution in [0.25, 0.3) is 0 Å². The fourth-order valence-electron chi connectivity index (χ4n) is 2.03. The fourth-order valence-corrected chi connectivity index (χ4v) is 2.03. The second-order valence-electron chi connectivity index (χ2n) is 4.34. The molecule has 0 aromatic carbocycles. The van der Waals surface area contributed by atoms with E-state index in [0.717, 1.165) is 26.0 Å². The first-order chi connectivity index (χ1) is 8.78. The maximum Gasteiger partial charge on any atom is 0.223 e. The lowest BCUT2D eigenvalue weighted by Gasteiger charge is -2.22. The molecule has 1 saturated heterocycles. The number of rotatable bonds is 5. The zero-order valence-electron chi connectivity index (χ0n) is 10.4. The third-order valence-electron chi connectivity index (χ3n) is 2.94. The van der Waals surface area contributed by atoms with Crippen LogP contribution in [0.15, 0.2) is 6.07 Å². The summed E-state index contributed by atoms with van der Waals surface area (Å²) < 4.78 is 5.65. The van der Waals surface area contributed by atoms with E-state index in [9.17, 15) is 0 Å². The van der Waals surface area contributed by atoms with Gasteiger partial charge in [-0.2, -0.15) is 9.97 Å². The van der Waals surface area contributed by atoms with Crippen LogP contribution < -0.4 is 22.3 Å². The summed E-state index contributed by atoms with van der Waals surface area (Å²) in [6.45, 7) is 1.68. The molecule has 1 aromatic heterocycles. The zero-order chi connectivity index (χ0) is 12.8. The van der Waals surface area contributed by atoms with E-state index in [2.05, 4.69) is 20.7 Å². The molecule has 1 aliphatic heterocycles. The van der Waals surface area contributed by atoms with Gasteiger partial charge in [-0.3, -0.25) is 0 Å². The Labute approximate surface area is 106 Å². The summed E-state index contributed by atoms with van der Waals surface area (Å²) in [5, 5.41) is 3.20. The predicted octanol–water partition coefficient (Wildman–Crippen LogP) is 0.715. The second-order valence-corrected chi connectivity index (χ2v) is 4.34. The molecule has 1 aliphatic rings. The third-order valence-corrected chi connectivity index (χ3v) is 2.94. The number of ether oxygens (including phenoxy) is 1. The largest absolute Gasteiger partial charge is 0.378 e. The molecule has 2 heterocycles. The molecular weight excluding hydrogens is 232 g/mol. The van der Waals surface area contributed by atoms with Gasteiger partial charge in [0.25, 0.3) is 0 Å². The van der Waals surface area contributed by atoms with Crippen LogP contribution in [0.5, 0.6) is 0 Å². The van der Waals surface area contributed by atoms with Crippen molar-refractivity contribution in [3.63, 3.8) is 0 Å². The Kier molecular flexibility index (Phi) is 4.54. The number of nitrogen functional groups attached to an aromatic ring is 2. The SMILES string of the molecule is NNc1cc(NCCC2CCCCO2)nc(N)n1. The van der Waals surface area contributed by atoms with Gasteiger partial charge in [0.15, 0.2) is 0 Å². The topological polar surface area (TPSA) is 111 Å². The number of nitrogens with zero attached hydrogens (tertiary/aromatic N) is 2. The van der Waals surface area contributed by atoms with Crippen molar-refractivity contribution in [2.45, 2.75) is 31.8 Å². The van der Waals surface area contributed by atoms with E-state index >= 15 is 0 Å². The molecular formula is C11H20N6O. The van der Waals surface area contributed by atoms with Crippen LogP contribution in [0.2, 0.25) is 0 Å². The second kappa shape index (κ2) is 6.36. The minimum absolute atomic E-state index is 0.196. The van der Waals surface area contributed by atoms with Crippen molar-refractivity contribution in [3.05, 3.63) is 6.07 Å². The standard InChI is InChI=1S/C11H20N6O/c12-11-15-9(7-10(16-11)17-13)14-5-4-8-3-1-2-6-18-8/h7-8H,1-6,13H2,(H4,12,14,15,16,17). The van der Waals surface area contributed by atoms with Gasteiger partial charge in [-0.1, -0.05) is 0 Å². The monoisotopic (exact) mass is 252 g/mol. The Bertz CT molecular complexity index is 380. The van der Waals surface area contributed by atoms with E-state index in [1.165, 1.54) is 12.8 Å². The lowest BCUT2D eigenvalue weighted by atomic mass is 10.1. The van der Waals surface area contributed by atoms with Gasteiger partial charge in [-0.25, -0.2) is 5.84 Å². The smallest absolute Gasteiger partial charge is 0.223 e. The minimum Gasteiger partial charge on any atom is -0.378 e. The van der Waals surface area contributed by atoms with Crippen LogP contribution in [-0.4, -0.2) is 29.2 Å². The molecule has 100 valence electrons. The van der Waals surface area contributed by atoms with Gasteiger partial charge in [-0.15, -0.1) is 0 Å². The number of hydrogen-bond acceptors (Lipinski definition) is 7. The molecule has 7 nitrogen and oxygen atoms in total. The molecule has 2 rings (SSSR count). The lowest BCUT2D eigenvalue weighted by Crippen LogP contribution is -2.22. The molecule has 0 saturated carbocycles. The number of nitrogens with one attached hydrogen (secondary N) is 2. The van der Waals surface area contributed by atoms with E-state index in [1.807, 2.05) is 0 Å². The van der Waals surface area contributed by atoms with Crippen LogP contribution in [0.3, 0.4) is 0 Å². The summed E-state index contributed by atoms with van der Waals surface area (Å²) in [5.74, 6) is 6.66. The Morgan fingerprint density at radius 1 is 1.33 bits per heavy atom. The Hall–Kier alpha value is -1.60. The van der Waals surface area contributed by atoms with Crippen molar-refractivity contribution in [1.82, 2.24) is 9.97 Å². The molecule has 1 fully saturated rings. The van der Waals surface area contributed by atoms with Crippen molar-refractivity contribution in [2.24, 2.45) is 5.84 Å². The molecule has 0 bridgehead atoms. The molecule has 1 aromatic rings. The Balaban J connectivity index is 1.80. The normalized spacial score (nSPS) is 19.5. The number of hydrogen-bond donors (Lipinski definition) is 4. The average molecular weight is 252 g/mol. The molecule has 0 radical (unpaired) electrons. The van der Waals surface area contributed by atoms with Gasteiger partial charge >= 0.3 is 0 Å². The first-order valence-corrected chi connectivity index (χ1v) is 6.24. The van der Waals surface area contributed by atoms with E-state index in [0.29, 0.717) is 17.7 Å². The number of anilines is 3. The Morgan fingerprint density at radius 2 is 2.17 bits per heavy atom. The lowest BCUT2D eigenvalue weighted by molar-refractivity contribution is 0.0134. The van der Waals surface area contributed by atoms with Gasteiger partial charge in [0.05, 0.1) is 6.10 Å². The van der Waals surface area contributed by atoms with Gasteiger partial charge in [0, 0.05) is 19.2 Å². The molecule has 1 atom stereocenters. The summed E-state index contributed by atoms with van der Waals surface area (Å²) in [5.41, 5.74) is 8.02. The van der Waals surface area contributed by atoms with Crippen LogP contribution >= 0.6 is 0 Å². The van der Waals surface area contributed by atoms with Crippen molar-refractivity contribution in [1.29, 1.82) is 0 Å². The van der Waals surface area contributed by atoms with Gasteiger partial charge in [-0.05, 0) is 25.7 Å². The molecule has 18 heavy (non-hydrogen) atoms. The zero-order valence-corrected chi connectivity index (χ0v) is 10.4. The summed E-state index contributed by atoms with van der Waals surface area (Å²) in [6.07, 6.45) is 4.90. The van der Waals surface area contributed by atoms with Crippen LogP contribution in [0.4, 0.5) is 17.6 Å². The van der Waals surface area contributed by atoms with E-state index < -0.39 is 0 Å². The van der Waals surface area contributed by atoms with Crippen molar-refractivity contribution >= 4 is 17.6 Å². The van der Waals surface area contributed by atoms with E-state index in [1.54, 1.807) is 6.07 Å². The number of nitrogens with two attached hydrogens (primary N) is 2. The summed E-state index contributed by atoms with van der Waals surface area (Å²) >= 11 is 0. The molecule has 0 spiro atoms. The first kappa shape index (κ1) is 12.8. The van der Waals surface area contributed by atoms with Gasteiger partial charge < -0.3 is 21.2 Å². The predicted molar refractivity (Wildman–Crippen MR) is 71.0 cm³/mol. The highest BCUT2D eigenvalue weighted by Gasteiger charge is 2.13. The summed E-state index contributed by atoms with van der Waals surface area (Å²) in [6, 6.07) is 1.72. The summed E-state index contributed by atoms with van der Waals surface area (Å²) in [4.78, 5) is 8.00. The minimum atomic E-state index is 0.196. The van der Waals surface area contributed by atoms with Crippen LogP contribution in [0, 0.1) is 0 Å². The van der Waals surface area contributed by atoms with Gasteiger partial charge in [0.2, 0.25) is 5.95 Å². The van der Waals surface area contributed by atoms with Crippen molar-refractivity contribution < 1.29 is 4.74 Å². The van der Waals surface area contributed by atoms with Crippen LogP contribution in [0.1, 0.15) is 25.7 Å². The van der Waals surface area contributed by atoms with Crippen molar-refractivity contribution in [2.75, 3.05) is 29.6 Å².